The zero-order valence-corrected chi connectivity index (χ0v) is 12.3. The van der Waals surface area contributed by atoms with Crippen LogP contribution in [-0.2, 0) is 20.5 Å². The van der Waals surface area contributed by atoms with Crippen molar-refractivity contribution in [2.45, 2.75) is 6.16 Å². The average Bonchev–Trinajstić information content (AvgIpc) is 1.97. The van der Waals surface area contributed by atoms with Gasteiger partial charge in [0, 0.05) is 0 Å². The van der Waals surface area contributed by atoms with Gasteiger partial charge < -0.3 is 0 Å². The predicted molar refractivity (Wildman–Crippen MR) is 65.6 cm³/mol. The number of rotatable bonds is 4. The standard InChI is InChI=1S/C10H17O4PS.Li/c1-15(2,3,14-16(11,12)13)9-10-7-5-4-6-8-10;/h4-8H,9H2,1-3H3,(H,11,12,13);/q;+1/p-1. The fourth-order valence-corrected chi connectivity index (χ4v) is 5.94. The van der Waals surface area contributed by atoms with Gasteiger partial charge in [0.05, 0.1) is 0 Å². The van der Waals surface area contributed by atoms with Crippen molar-refractivity contribution in [3.8, 4) is 0 Å². The molecule has 0 aliphatic rings. The topological polar surface area (TPSA) is 66.4 Å². The molecule has 1 rings (SSSR count). The zero-order chi connectivity index (χ0) is 12.5. The Morgan fingerprint density at radius 3 is 2.06 bits per heavy atom. The van der Waals surface area contributed by atoms with Crippen LogP contribution in [0.5, 0.6) is 0 Å². The Kier molecular flexibility index (Phi) is 5.44. The average molecular weight is 270 g/mol. The third-order valence-electron chi connectivity index (χ3n) is 1.93. The zero-order valence-electron chi connectivity index (χ0n) is 10.6. The van der Waals surface area contributed by atoms with Gasteiger partial charge in [-0.2, -0.15) is 0 Å². The van der Waals surface area contributed by atoms with Crippen molar-refractivity contribution < 1.29 is 35.8 Å². The van der Waals surface area contributed by atoms with Gasteiger partial charge in [0.15, 0.2) is 0 Å². The van der Waals surface area contributed by atoms with E-state index in [9.17, 15) is 13.0 Å². The van der Waals surface area contributed by atoms with Crippen LogP contribution in [0.1, 0.15) is 5.56 Å². The first kappa shape index (κ1) is 17.1. The third-order valence-corrected chi connectivity index (χ3v) is 6.32. The molecule has 4 nitrogen and oxygen atoms in total. The van der Waals surface area contributed by atoms with E-state index < -0.39 is 17.2 Å². The summed E-state index contributed by atoms with van der Waals surface area (Å²) in [6.45, 7) is 2.20. The van der Waals surface area contributed by atoms with E-state index in [1.165, 1.54) is 0 Å². The van der Waals surface area contributed by atoms with Crippen LogP contribution in [0.25, 0.3) is 0 Å². The molecule has 0 saturated carbocycles. The van der Waals surface area contributed by atoms with Crippen molar-refractivity contribution in [2.75, 3.05) is 20.0 Å². The molecule has 0 amide bonds. The summed E-state index contributed by atoms with van der Waals surface area (Å²) in [5.74, 6) is 0. The van der Waals surface area contributed by atoms with Crippen LogP contribution >= 0.6 is 6.83 Å². The minimum Gasteiger partial charge on any atom is 1.00 e. The van der Waals surface area contributed by atoms with Crippen LogP contribution in [0.2, 0.25) is 0 Å². The maximum atomic E-state index is 10.7. The first-order valence-electron chi connectivity index (χ1n) is 4.77. The smallest absolute Gasteiger partial charge is 1.00 e. The molecule has 92 valence electrons. The van der Waals surface area contributed by atoms with Crippen molar-refractivity contribution in [1.82, 2.24) is 0 Å². The quantitative estimate of drug-likeness (QED) is 0.305. The maximum absolute atomic E-state index is 10.7. The number of hydrogen-bond donors (Lipinski definition) is 0. The number of hydrogen-bond acceptors (Lipinski definition) is 4. The SMILES string of the molecule is CP(C)(C)(Cc1ccccc1)OS(=O)(=O)[O-].[Li+]. The van der Waals surface area contributed by atoms with Gasteiger partial charge >= 0.3 is 115 Å². The van der Waals surface area contributed by atoms with Crippen molar-refractivity contribution >= 4 is 17.2 Å². The van der Waals surface area contributed by atoms with Gasteiger partial charge in [-0.05, 0) is 0 Å². The van der Waals surface area contributed by atoms with Crippen molar-refractivity contribution in [2.24, 2.45) is 0 Å². The van der Waals surface area contributed by atoms with Gasteiger partial charge in [0.1, 0.15) is 0 Å². The van der Waals surface area contributed by atoms with E-state index in [2.05, 4.69) is 0 Å². The summed E-state index contributed by atoms with van der Waals surface area (Å²) in [5.41, 5.74) is 0.969. The summed E-state index contributed by atoms with van der Waals surface area (Å²) < 4.78 is 36.9. The molecule has 0 saturated heterocycles. The summed E-state index contributed by atoms with van der Waals surface area (Å²) in [4.78, 5) is 0. The van der Waals surface area contributed by atoms with Crippen LogP contribution in [0, 0.1) is 0 Å². The minimum atomic E-state index is -4.65. The molecule has 7 heteroatoms. The molecular formula is C10H16LiO4PS. The molecule has 17 heavy (non-hydrogen) atoms. The molecule has 0 atom stereocenters. The van der Waals surface area contributed by atoms with Crippen LogP contribution in [0.4, 0.5) is 0 Å². The van der Waals surface area contributed by atoms with Gasteiger partial charge in [-0.3, -0.25) is 0 Å². The van der Waals surface area contributed by atoms with Gasteiger partial charge in [-0.1, -0.05) is 0 Å². The number of benzene rings is 1. The molecule has 0 radical (unpaired) electrons. The van der Waals surface area contributed by atoms with E-state index in [1.54, 1.807) is 20.0 Å². The fourth-order valence-electron chi connectivity index (χ4n) is 1.57. The van der Waals surface area contributed by atoms with Crippen LogP contribution in [-0.4, -0.2) is 33.0 Å². The first-order valence-corrected chi connectivity index (χ1v) is 9.79. The Hall–Kier alpha value is 0.117. The normalized spacial score (nSPS) is 14.5. The third kappa shape index (κ3) is 7.20. The van der Waals surface area contributed by atoms with Crippen molar-refractivity contribution in [1.29, 1.82) is 0 Å². The Labute approximate surface area is 115 Å². The van der Waals surface area contributed by atoms with E-state index in [4.69, 9.17) is 3.97 Å². The first-order chi connectivity index (χ1) is 7.05. The molecule has 0 aliphatic carbocycles. The summed E-state index contributed by atoms with van der Waals surface area (Å²) in [6.07, 6.45) is 0.466. The summed E-state index contributed by atoms with van der Waals surface area (Å²) >= 11 is 0. The van der Waals surface area contributed by atoms with Crippen molar-refractivity contribution in [3.05, 3.63) is 35.9 Å². The Balaban J connectivity index is 0.00000256. The second kappa shape index (κ2) is 5.40. The van der Waals surface area contributed by atoms with Gasteiger partial charge in [0.25, 0.3) is 0 Å². The van der Waals surface area contributed by atoms with E-state index in [0.717, 1.165) is 5.56 Å². The maximum Gasteiger partial charge on any atom is 1.00 e. The second-order valence-electron chi connectivity index (χ2n) is 5.09. The van der Waals surface area contributed by atoms with Crippen LogP contribution < -0.4 is 18.9 Å². The molecule has 0 bridgehead atoms. The summed E-state index contributed by atoms with van der Waals surface area (Å²) in [7, 11) is -4.65. The minimum absolute atomic E-state index is 0. The molecular weight excluding hydrogens is 254 g/mol. The van der Waals surface area contributed by atoms with Crippen LogP contribution in [0.3, 0.4) is 0 Å². The molecule has 0 spiro atoms. The summed E-state index contributed by atoms with van der Waals surface area (Å²) in [6, 6.07) is 9.39. The molecule has 0 N–H and O–H groups in total. The van der Waals surface area contributed by atoms with Crippen LogP contribution in [0.15, 0.2) is 30.3 Å². The fraction of sp³-hybridized carbons (Fsp3) is 0.400. The van der Waals surface area contributed by atoms with Gasteiger partial charge in [-0.15, -0.1) is 0 Å². The molecule has 0 aromatic heterocycles. The largest absolute Gasteiger partial charge is 1.00 e. The molecule has 0 heterocycles. The Morgan fingerprint density at radius 1 is 1.18 bits per heavy atom. The van der Waals surface area contributed by atoms with E-state index in [1.807, 2.05) is 30.3 Å². The Morgan fingerprint density at radius 2 is 1.65 bits per heavy atom. The van der Waals surface area contributed by atoms with Gasteiger partial charge in [-0.25, -0.2) is 0 Å². The van der Waals surface area contributed by atoms with Gasteiger partial charge in [0.2, 0.25) is 0 Å². The summed E-state index contributed by atoms with van der Waals surface area (Å²) in [5, 5.41) is 0. The molecule has 0 unspecified atom stereocenters. The molecule has 0 fully saturated rings. The molecule has 1 aromatic carbocycles. The monoisotopic (exact) mass is 270 g/mol. The molecule has 0 aliphatic heterocycles. The molecule has 1 aromatic rings. The second-order valence-corrected chi connectivity index (χ2v) is 12.8. The van der Waals surface area contributed by atoms with Crippen molar-refractivity contribution in [3.63, 3.8) is 0 Å². The predicted octanol–water partition coefficient (Wildman–Crippen LogP) is -0.975. The Bertz CT molecular complexity index is 464. The van der Waals surface area contributed by atoms with E-state index in [-0.39, 0.29) is 18.9 Å². The van der Waals surface area contributed by atoms with E-state index in [0.29, 0.717) is 6.16 Å². The van der Waals surface area contributed by atoms with E-state index >= 15 is 0 Å².